The molecule has 0 aliphatic heterocycles. The molecule has 116 valence electrons. The van der Waals surface area contributed by atoms with Gasteiger partial charge in [-0.1, -0.05) is 25.1 Å². The van der Waals surface area contributed by atoms with Crippen LogP contribution in [0.25, 0.3) is 0 Å². The third-order valence-corrected chi connectivity index (χ3v) is 4.29. The Hall–Kier alpha value is -1.74. The fourth-order valence-electron chi connectivity index (χ4n) is 2.28. The first-order valence-electron chi connectivity index (χ1n) is 7.55. The van der Waals surface area contributed by atoms with Crippen LogP contribution in [0.3, 0.4) is 0 Å². The van der Waals surface area contributed by atoms with Crippen molar-refractivity contribution in [2.45, 2.75) is 32.1 Å². The van der Waals surface area contributed by atoms with E-state index in [9.17, 15) is 4.79 Å². The van der Waals surface area contributed by atoms with Gasteiger partial charge in [-0.25, -0.2) is 0 Å². The number of thioether (sulfide) groups is 1. The standard InChI is InChI=1S/C19H22O2S/c1-4-19(20)16-5-7-18(8-6-16)22-10-9-21-17-12-14(2)11-15(3)13-17/h5-8,11-13H,4,9-10H2,1-3H3. The van der Waals surface area contributed by atoms with E-state index in [1.165, 1.54) is 11.1 Å². The van der Waals surface area contributed by atoms with Crippen LogP contribution in [0.5, 0.6) is 5.75 Å². The molecule has 0 saturated carbocycles. The van der Waals surface area contributed by atoms with Gasteiger partial charge in [-0.3, -0.25) is 4.79 Å². The number of hydrogen-bond acceptors (Lipinski definition) is 3. The number of carbonyl (C=O) groups is 1. The fraction of sp³-hybridized carbons (Fsp3) is 0.316. The van der Waals surface area contributed by atoms with E-state index in [4.69, 9.17) is 4.74 Å². The number of benzene rings is 2. The van der Waals surface area contributed by atoms with Crippen molar-refractivity contribution in [3.63, 3.8) is 0 Å². The summed E-state index contributed by atoms with van der Waals surface area (Å²) in [4.78, 5) is 12.7. The summed E-state index contributed by atoms with van der Waals surface area (Å²) in [7, 11) is 0. The minimum atomic E-state index is 0.190. The van der Waals surface area contributed by atoms with Crippen LogP contribution in [-0.2, 0) is 0 Å². The maximum Gasteiger partial charge on any atom is 0.162 e. The van der Waals surface area contributed by atoms with Crippen LogP contribution in [0, 0.1) is 13.8 Å². The van der Waals surface area contributed by atoms with Crippen LogP contribution < -0.4 is 4.74 Å². The summed E-state index contributed by atoms with van der Waals surface area (Å²) < 4.78 is 5.79. The molecule has 0 N–H and O–H groups in total. The van der Waals surface area contributed by atoms with E-state index >= 15 is 0 Å². The van der Waals surface area contributed by atoms with Gasteiger partial charge in [0.15, 0.2) is 5.78 Å². The molecule has 0 fully saturated rings. The molecule has 0 aliphatic rings. The molecule has 2 aromatic rings. The van der Waals surface area contributed by atoms with Crippen molar-refractivity contribution in [2.24, 2.45) is 0 Å². The molecule has 2 nitrogen and oxygen atoms in total. The van der Waals surface area contributed by atoms with E-state index < -0.39 is 0 Å². The summed E-state index contributed by atoms with van der Waals surface area (Å²) in [6.07, 6.45) is 0.552. The van der Waals surface area contributed by atoms with Gasteiger partial charge in [-0.15, -0.1) is 11.8 Å². The summed E-state index contributed by atoms with van der Waals surface area (Å²) in [5.41, 5.74) is 3.23. The van der Waals surface area contributed by atoms with Crippen molar-refractivity contribution < 1.29 is 9.53 Å². The fourth-order valence-corrected chi connectivity index (χ4v) is 3.01. The van der Waals surface area contributed by atoms with Crippen LogP contribution in [0.4, 0.5) is 0 Å². The Kier molecular flexibility index (Phi) is 6.08. The molecule has 2 aromatic carbocycles. The molecule has 3 heteroatoms. The highest BCUT2D eigenvalue weighted by molar-refractivity contribution is 7.99. The smallest absolute Gasteiger partial charge is 0.162 e. The number of ether oxygens (including phenoxy) is 1. The van der Waals surface area contributed by atoms with Gasteiger partial charge in [0.25, 0.3) is 0 Å². The summed E-state index contributed by atoms with van der Waals surface area (Å²) >= 11 is 1.74. The van der Waals surface area contributed by atoms with Crippen LogP contribution >= 0.6 is 11.8 Å². The highest BCUT2D eigenvalue weighted by Gasteiger charge is 2.03. The first-order chi connectivity index (χ1) is 10.6. The van der Waals surface area contributed by atoms with Gasteiger partial charge in [0.2, 0.25) is 0 Å². The number of rotatable bonds is 7. The van der Waals surface area contributed by atoms with Crippen molar-refractivity contribution in [1.82, 2.24) is 0 Å². The highest BCUT2D eigenvalue weighted by Crippen LogP contribution is 2.20. The molecule has 0 unspecified atom stereocenters. The lowest BCUT2D eigenvalue weighted by atomic mass is 10.1. The van der Waals surface area contributed by atoms with Gasteiger partial charge in [0.05, 0.1) is 6.61 Å². The molecular formula is C19H22O2S. The first kappa shape index (κ1) is 16.6. The SMILES string of the molecule is CCC(=O)c1ccc(SCCOc2cc(C)cc(C)c2)cc1. The highest BCUT2D eigenvalue weighted by atomic mass is 32.2. The Bertz CT molecular complexity index is 612. The van der Waals surface area contributed by atoms with Crippen molar-refractivity contribution in [2.75, 3.05) is 12.4 Å². The minimum Gasteiger partial charge on any atom is -0.493 e. The zero-order chi connectivity index (χ0) is 15.9. The predicted octanol–water partition coefficient (Wildman–Crippen LogP) is 5.07. The second kappa shape index (κ2) is 8.04. The van der Waals surface area contributed by atoms with Crippen molar-refractivity contribution >= 4 is 17.5 Å². The zero-order valence-corrected chi connectivity index (χ0v) is 14.2. The predicted molar refractivity (Wildman–Crippen MR) is 93.2 cm³/mol. The van der Waals surface area contributed by atoms with Gasteiger partial charge in [0.1, 0.15) is 5.75 Å². The Morgan fingerprint density at radius 3 is 2.27 bits per heavy atom. The van der Waals surface area contributed by atoms with Gasteiger partial charge in [-0.05, 0) is 49.2 Å². The molecule has 0 radical (unpaired) electrons. The van der Waals surface area contributed by atoms with E-state index in [1.807, 2.05) is 31.2 Å². The molecule has 2 rings (SSSR count). The number of aryl methyl sites for hydroxylation is 2. The van der Waals surface area contributed by atoms with Crippen molar-refractivity contribution in [1.29, 1.82) is 0 Å². The molecule has 0 aliphatic carbocycles. The number of hydrogen-bond donors (Lipinski definition) is 0. The van der Waals surface area contributed by atoms with Gasteiger partial charge >= 0.3 is 0 Å². The molecule has 0 aromatic heterocycles. The Labute approximate surface area is 136 Å². The zero-order valence-electron chi connectivity index (χ0n) is 13.4. The third kappa shape index (κ3) is 4.92. The Morgan fingerprint density at radius 1 is 1.05 bits per heavy atom. The second-order valence-electron chi connectivity index (χ2n) is 5.32. The third-order valence-electron chi connectivity index (χ3n) is 3.31. The average Bonchev–Trinajstić information content (AvgIpc) is 2.50. The summed E-state index contributed by atoms with van der Waals surface area (Å²) in [5.74, 6) is 2.00. The van der Waals surface area contributed by atoms with E-state index in [2.05, 4.69) is 32.0 Å². The number of ketones is 1. The lowest BCUT2D eigenvalue weighted by molar-refractivity contribution is 0.0988. The van der Waals surface area contributed by atoms with E-state index in [0.29, 0.717) is 13.0 Å². The summed E-state index contributed by atoms with van der Waals surface area (Å²) in [6.45, 7) is 6.71. The lowest BCUT2D eigenvalue weighted by Gasteiger charge is -2.08. The average molecular weight is 314 g/mol. The molecule has 0 amide bonds. The molecule has 0 bridgehead atoms. The van der Waals surface area contributed by atoms with Gasteiger partial charge < -0.3 is 4.74 Å². The van der Waals surface area contributed by atoms with Crippen molar-refractivity contribution in [3.05, 3.63) is 59.2 Å². The van der Waals surface area contributed by atoms with Crippen LogP contribution in [0.2, 0.25) is 0 Å². The molecule has 0 spiro atoms. The summed E-state index contributed by atoms with van der Waals surface area (Å²) in [6, 6.07) is 14.1. The largest absolute Gasteiger partial charge is 0.493 e. The number of Topliss-reactive ketones (excluding diaryl/α,β-unsaturated/α-hetero) is 1. The quantitative estimate of drug-likeness (QED) is 0.405. The van der Waals surface area contributed by atoms with Crippen LogP contribution in [0.15, 0.2) is 47.4 Å². The molecule has 0 heterocycles. The van der Waals surface area contributed by atoms with E-state index in [0.717, 1.165) is 22.0 Å². The molecular weight excluding hydrogens is 292 g/mol. The molecule has 0 atom stereocenters. The second-order valence-corrected chi connectivity index (χ2v) is 6.49. The maximum atomic E-state index is 11.6. The number of carbonyl (C=O) groups excluding carboxylic acids is 1. The lowest BCUT2D eigenvalue weighted by Crippen LogP contribution is -2.00. The van der Waals surface area contributed by atoms with Crippen LogP contribution in [-0.4, -0.2) is 18.1 Å². The van der Waals surface area contributed by atoms with Crippen molar-refractivity contribution in [3.8, 4) is 5.75 Å². The minimum absolute atomic E-state index is 0.190. The maximum absolute atomic E-state index is 11.6. The first-order valence-corrected chi connectivity index (χ1v) is 8.54. The van der Waals surface area contributed by atoms with Gasteiger partial charge in [-0.2, -0.15) is 0 Å². The van der Waals surface area contributed by atoms with Crippen LogP contribution in [0.1, 0.15) is 34.8 Å². The molecule has 0 saturated heterocycles. The monoisotopic (exact) mass is 314 g/mol. The van der Waals surface area contributed by atoms with E-state index in [-0.39, 0.29) is 5.78 Å². The topological polar surface area (TPSA) is 26.3 Å². The van der Waals surface area contributed by atoms with Gasteiger partial charge in [0, 0.05) is 22.6 Å². The Morgan fingerprint density at radius 2 is 1.68 bits per heavy atom. The summed E-state index contributed by atoms with van der Waals surface area (Å²) in [5, 5.41) is 0. The van der Waals surface area contributed by atoms with E-state index in [1.54, 1.807) is 11.8 Å². The normalized spacial score (nSPS) is 10.5. The Balaban J connectivity index is 1.80. The molecule has 22 heavy (non-hydrogen) atoms.